The Hall–Kier alpha value is -4.60. The summed E-state index contributed by atoms with van der Waals surface area (Å²) >= 11 is 6.06. The molecule has 4 heterocycles. The molecule has 0 aliphatic carbocycles. The summed E-state index contributed by atoms with van der Waals surface area (Å²) in [5.41, 5.74) is 2.33. The number of piperidine rings is 1. The van der Waals surface area contributed by atoms with Crippen molar-refractivity contribution < 1.29 is 27.5 Å². The van der Waals surface area contributed by atoms with E-state index >= 15 is 0 Å². The van der Waals surface area contributed by atoms with Crippen LogP contribution in [0.4, 0.5) is 52.5 Å². The third-order valence-electron chi connectivity index (χ3n) is 9.20. The highest BCUT2D eigenvalue weighted by atomic mass is 35.5. The molecule has 50 heavy (non-hydrogen) atoms. The minimum absolute atomic E-state index is 0.0554. The lowest BCUT2D eigenvalue weighted by molar-refractivity contribution is -0.140. The fraction of sp³-hybridized carbons (Fsp3) is 0.412. The van der Waals surface area contributed by atoms with Gasteiger partial charge in [-0.05, 0) is 56.3 Å². The van der Waals surface area contributed by atoms with Gasteiger partial charge in [0.15, 0.2) is 5.82 Å². The van der Waals surface area contributed by atoms with Crippen molar-refractivity contribution in [2.45, 2.75) is 31.6 Å². The zero-order chi connectivity index (χ0) is 35.6. The molecule has 0 spiro atoms. The van der Waals surface area contributed by atoms with Crippen molar-refractivity contribution in [1.29, 1.82) is 0 Å². The minimum Gasteiger partial charge on any atom is -0.494 e. The molecule has 0 atom stereocenters. The summed E-state index contributed by atoms with van der Waals surface area (Å²) in [6, 6.07) is 9.29. The van der Waals surface area contributed by atoms with Gasteiger partial charge in [0.2, 0.25) is 11.9 Å². The van der Waals surface area contributed by atoms with Gasteiger partial charge in [0.25, 0.3) is 0 Å². The first-order valence-corrected chi connectivity index (χ1v) is 16.7. The highest BCUT2D eigenvalue weighted by Gasteiger charge is 2.40. The van der Waals surface area contributed by atoms with Crippen LogP contribution in [0, 0.1) is 0 Å². The van der Waals surface area contributed by atoms with Crippen LogP contribution in [0.25, 0.3) is 0 Å². The molecule has 0 bridgehead atoms. The van der Waals surface area contributed by atoms with Crippen LogP contribution < -0.4 is 25.2 Å². The van der Waals surface area contributed by atoms with E-state index in [1.54, 1.807) is 6.07 Å². The summed E-state index contributed by atoms with van der Waals surface area (Å²) in [5.74, 6) is 0.230. The quantitative estimate of drug-likeness (QED) is 0.264. The molecule has 6 rings (SSSR count). The van der Waals surface area contributed by atoms with Crippen LogP contribution in [-0.2, 0) is 11.3 Å². The van der Waals surface area contributed by atoms with E-state index in [1.165, 1.54) is 43.6 Å². The van der Waals surface area contributed by atoms with Crippen LogP contribution in [0.2, 0.25) is 5.02 Å². The first-order valence-electron chi connectivity index (χ1n) is 16.3. The number of piperazine rings is 1. The van der Waals surface area contributed by atoms with Crippen molar-refractivity contribution in [3.63, 3.8) is 0 Å². The molecule has 0 saturated carbocycles. The van der Waals surface area contributed by atoms with Crippen LogP contribution in [0.5, 0.6) is 5.75 Å². The lowest BCUT2D eigenvalue weighted by atomic mass is 10.0. The number of hydrogen-bond acceptors (Lipinski definition) is 9. The van der Waals surface area contributed by atoms with E-state index in [9.17, 15) is 22.8 Å². The van der Waals surface area contributed by atoms with E-state index in [1.807, 2.05) is 6.07 Å². The Bertz CT molecular complexity index is 1730. The standard InChI is InChI=1S/C34H39ClF3N9O3/c1-4-30(48)40-26-17-27(29(50-3)18-28(26)45-11-9-24(10-12-45)44-15-13-43(2)14-16-44)41-32-39-19-22-20-46(21-34(36,37)38)33(49)47(31(22)42-32)25-7-5-23(35)6-8-25/h4-8,17-19,24H,1,9-16,20-21H2,2-3H3,(H,40,48)(H,39,41,42). The van der Waals surface area contributed by atoms with Gasteiger partial charge in [-0.1, -0.05) is 18.2 Å². The Morgan fingerprint density at radius 1 is 1.08 bits per heavy atom. The number of likely N-dealkylation sites (N-methyl/N-ethyl adjacent to an activating group) is 1. The first-order chi connectivity index (χ1) is 23.9. The molecule has 3 amide bonds. The molecule has 0 unspecified atom stereocenters. The number of anilines is 6. The largest absolute Gasteiger partial charge is 0.494 e. The molecule has 12 nitrogen and oxygen atoms in total. The van der Waals surface area contributed by atoms with Gasteiger partial charge in [0, 0.05) is 68.2 Å². The number of halogens is 4. The highest BCUT2D eigenvalue weighted by molar-refractivity contribution is 6.30. The molecule has 2 N–H and O–H groups in total. The SMILES string of the molecule is C=CC(=O)Nc1cc(Nc2ncc3c(n2)N(c2ccc(Cl)cc2)C(=O)N(CC(F)(F)F)C3)c(OC)cc1N1CCC(N2CCN(C)CC2)CC1. The van der Waals surface area contributed by atoms with Crippen LogP contribution in [0.15, 0.2) is 55.3 Å². The molecule has 2 saturated heterocycles. The monoisotopic (exact) mass is 713 g/mol. The molecular weight excluding hydrogens is 675 g/mol. The number of ether oxygens (including phenoxy) is 1. The molecule has 1 aromatic heterocycles. The van der Waals surface area contributed by atoms with Gasteiger partial charge in [0.1, 0.15) is 12.3 Å². The number of amides is 3. The summed E-state index contributed by atoms with van der Waals surface area (Å²) in [5, 5.41) is 6.44. The normalized spacial score (nSPS) is 17.8. The number of nitrogens with one attached hydrogen (secondary N) is 2. The van der Waals surface area contributed by atoms with E-state index in [2.05, 4.69) is 48.9 Å². The van der Waals surface area contributed by atoms with Gasteiger partial charge in [-0.25, -0.2) is 14.7 Å². The number of alkyl halides is 3. The van der Waals surface area contributed by atoms with E-state index in [-0.39, 0.29) is 29.9 Å². The molecule has 2 fully saturated rings. The van der Waals surface area contributed by atoms with E-state index in [4.69, 9.17) is 16.3 Å². The highest BCUT2D eigenvalue weighted by Crippen LogP contribution is 2.41. The molecule has 266 valence electrons. The number of carbonyl (C=O) groups is 2. The van der Waals surface area contributed by atoms with Crippen molar-refractivity contribution in [1.82, 2.24) is 24.7 Å². The molecular formula is C34H39ClF3N9O3. The second kappa shape index (κ2) is 14.7. The summed E-state index contributed by atoms with van der Waals surface area (Å²) in [7, 11) is 3.67. The van der Waals surface area contributed by atoms with E-state index in [0.717, 1.165) is 62.7 Å². The zero-order valence-corrected chi connectivity index (χ0v) is 28.6. The number of rotatable bonds is 9. The second-order valence-electron chi connectivity index (χ2n) is 12.6. The maximum Gasteiger partial charge on any atom is 0.406 e. The van der Waals surface area contributed by atoms with E-state index in [0.29, 0.717) is 38.7 Å². The molecule has 0 radical (unpaired) electrons. The number of aromatic nitrogens is 2. The maximum atomic E-state index is 13.5. The Labute approximate surface area is 293 Å². The molecule has 2 aromatic carbocycles. The topological polar surface area (TPSA) is 109 Å². The van der Waals surface area contributed by atoms with Crippen molar-refractivity contribution in [2.24, 2.45) is 0 Å². The number of nitrogens with zero attached hydrogens (tertiary/aromatic N) is 7. The number of methoxy groups -OCH3 is 1. The summed E-state index contributed by atoms with van der Waals surface area (Å²) in [6.45, 7) is 7.63. The Kier molecular flexibility index (Phi) is 10.4. The van der Waals surface area contributed by atoms with Crippen molar-refractivity contribution in [3.05, 3.63) is 65.8 Å². The third kappa shape index (κ3) is 7.90. The zero-order valence-electron chi connectivity index (χ0n) is 27.8. The predicted molar refractivity (Wildman–Crippen MR) is 187 cm³/mol. The van der Waals surface area contributed by atoms with Gasteiger partial charge >= 0.3 is 12.2 Å². The number of hydrogen-bond donors (Lipinski definition) is 2. The summed E-state index contributed by atoms with van der Waals surface area (Å²) < 4.78 is 46.0. The van der Waals surface area contributed by atoms with Crippen LogP contribution >= 0.6 is 11.6 Å². The van der Waals surface area contributed by atoms with Crippen molar-refractivity contribution in [2.75, 3.05) is 80.4 Å². The Morgan fingerprint density at radius 2 is 1.78 bits per heavy atom. The molecule has 3 aliphatic heterocycles. The predicted octanol–water partition coefficient (Wildman–Crippen LogP) is 5.86. The lowest BCUT2D eigenvalue weighted by Crippen LogP contribution is -2.52. The van der Waals surface area contributed by atoms with E-state index < -0.39 is 18.8 Å². The summed E-state index contributed by atoms with van der Waals surface area (Å²) in [6.07, 6.45) is -0.0732. The van der Waals surface area contributed by atoms with Crippen LogP contribution in [0.3, 0.4) is 0 Å². The molecule has 16 heteroatoms. The average molecular weight is 714 g/mol. The lowest BCUT2D eigenvalue weighted by Gasteiger charge is -2.43. The van der Waals surface area contributed by atoms with Crippen molar-refractivity contribution in [3.8, 4) is 5.75 Å². The van der Waals surface area contributed by atoms with Crippen LogP contribution in [0.1, 0.15) is 18.4 Å². The fourth-order valence-electron chi connectivity index (χ4n) is 6.59. The number of urea groups is 1. The van der Waals surface area contributed by atoms with Crippen LogP contribution in [-0.4, -0.2) is 109 Å². The third-order valence-corrected chi connectivity index (χ3v) is 9.45. The molecule has 3 aromatic rings. The smallest absolute Gasteiger partial charge is 0.406 e. The van der Waals surface area contributed by atoms with Gasteiger partial charge in [-0.3, -0.25) is 9.69 Å². The average Bonchev–Trinajstić information content (AvgIpc) is 3.09. The minimum atomic E-state index is -4.61. The van der Waals surface area contributed by atoms with Gasteiger partial charge in [-0.2, -0.15) is 18.2 Å². The fourth-order valence-corrected chi connectivity index (χ4v) is 6.72. The maximum absolute atomic E-state index is 13.5. The number of fused-ring (bicyclic) bond motifs is 1. The van der Waals surface area contributed by atoms with Gasteiger partial charge < -0.3 is 30.1 Å². The van der Waals surface area contributed by atoms with Gasteiger partial charge in [0.05, 0.1) is 36.4 Å². The second-order valence-corrected chi connectivity index (χ2v) is 13.0. The summed E-state index contributed by atoms with van der Waals surface area (Å²) in [4.78, 5) is 43.9. The number of carbonyl (C=O) groups excluding carboxylic acids is 2. The van der Waals surface area contributed by atoms with Crippen molar-refractivity contribution >= 4 is 58.1 Å². The van der Waals surface area contributed by atoms with Gasteiger partial charge in [-0.15, -0.1) is 0 Å². The Balaban J connectivity index is 1.29. The Morgan fingerprint density at radius 3 is 2.42 bits per heavy atom. The number of benzene rings is 2. The molecule has 3 aliphatic rings. The first kappa shape index (κ1) is 35.2.